The summed E-state index contributed by atoms with van der Waals surface area (Å²) in [4.78, 5) is 15.9. The maximum absolute atomic E-state index is 13.1. The molecule has 170 valence electrons. The molecule has 5 nitrogen and oxygen atoms in total. The van der Waals surface area contributed by atoms with Gasteiger partial charge in [-0.05, 0) is 31.2 Å². The van der Waals surface area contributed by atoms with Crippen LogP contribution >= 0.6 is 0 Å². The molecule has 0 spiro atoms. The molecule has 32 heavy (non-hydrogen) atoms. The average Bonchev–Trinajstić information content (AvgIpc) is 3.25. The quantitative estimate of drug-likeness (QED) is 0.381. The highest BCUT2D eigenvalue weighted by atomic mass is 19.4. The van der Waals surface area contributed by atoms with Crippen LogP contribution in [0.1, 0.15) is 42.1 Å². The monoisotopic (exact) mass is 457 g/mol. The lowest BCUT2D eigenvalue weighted by Gasteiger charge is -2.39. The van der Waals surface area contributed by atoms with E-state index in [1.54, 1.807) is 6.92 Å². The van der Waals surface area contributed by atoms with E-state index >= 15 is 0 Å². The van der Waals surface area contributed by atoms with Gasteiger partial charge in [0.2, 0.25) is 0 Å². The molecule has 3 rings (SSSR count). The second-order valence-corrected chi connectivity index (χ2v) is 7.03. The molecule has 0 aliphatic rings. The van der Waals surface area contributed by atoms with E-state index in [2.05, 4.69) is 10.1 Å². The molecule has 0 saturated carbocycles. The van der Waals surface area contributed by atoms with Gasteiger partial charge >= 0.3 is 18.3 Å². The maximum Gasteiger partial charge on any atom is 0.416 e. The second kappa shape index (κ2) is 8.29. The van der Waals surface area contributed by atoms with Crippen LogP contribution in [0.15, 0.2) is 61.2 Å². The van der Waals surface area contributed by atoms with Crippen LogP contribution in [0.3, 0.4) is 0 Å². The van der Waals surface area contributed by atoms with Gasteiger partial charge in [-0.2, -0.15) is 31.4 Å². The number of alkyl halides is 6. The fraction of sp³-hybridized carbons (Fsp3) is 0.286. The third kappa shape index (κ3) is 4.46. The zero-order valence-electron chi connectivity index (χ0n) is 16.8. The topological polar surface area (TPSA) is 57.0 Å². The Balaban J connectivity index is 2.26. The van der Waals surface area contributed by atoms with Crippen molar-refractivity contribution in [2.24, 2.45) is 0 Å². The Morgan fingerprint density at radius 1 is 0.844 bits per heavy atom. The zero-order valence-corrected chi connectivity index (χ0v) is 16.8. The van der Waals surface area contributed by atoms with Crippen LogP contribution in [0, 0.1) is 0 Å². The first-order valence-corrected chi connectivity index (χ1v) is 9.25. The van der Waals surface area contributed by atoms with Crippen molar-refractivity contribution in [3.63, 3.8) is 0 Å². The van der Waals surface area contributed by atoms with E-state index in [0.717, 1.165) is 55.5 Å². The maximum atomic E-state index is 13.1. The number of nitrogens with zero attached hydrogens (tertiary/aromatic N) is 3. The number of halogens is 6. The highest BCUT2D eigenvalue weighted by molar-refractivity contribution is 5.68. The molecule has 0 N–H and O–H groups in total. The fourth-order valence-corrected chi connectivity index (χ4v) is 3.50. The van der Waals surface area contributed by atoms with Crippen LogP contribution in [-0.4, -0.2) is 20.7 Å². The van der Waals surface area contributed by atoms with Crippen molar-refractivity contribution in [3.8, 4) is 0 Å². The highest BCUT2D eigenvalue weighted by Crippen LogP contribution is 2.44. The van der Waals surface area contributed by atoms with Gasteiger partial charge in [-0.3, -0.25) is 4.79 Å². The van der Waals surface area contributed by atoms with Crippen LogP contribution in [0.4, 0.5) is 26.3 Å². The van der Waals surface area contributed by atoms with Crippen LogP contribution < -0.4 is 0 Å². The smallest absolute Gasteiger partial charge is 0.416 e. The number of rotatable bonds is 5. The molecule has 0 aliphatic heterocycles. The lowest BCUT2D eigenvalue weighted by molar-refractivity contribution is -0.158. The number of hydrogen-bond acceptors (Lipinski definition) is 4. The van der Waals surface area contributed by atoms with Crippen LogP contribution in [0.5, 0.6) is 0 Å². The number of aromatic nitrogens is 3. The molecule has 0 bridgehead atoms. The van der Waals surface area contributed by atoms with E-state index in [-0.39, 0.29) is 11.1 Å². The van der Waals surface area contributed by atoms with Crippen molar-refractivity contribution in [1.29, 1.82) is 0 Å². The molecule has 0 amide bonds. The van der Waals surface area contributed by atoms with E-state index in [4.69, 9.17) is 4.74 Å². The van der Waals surface area contributed by atoms with Crippen molar-refractivity contribution >= 4 is 5.97 Å². The normalized spacial score (nSPS) is 13.6. The number of benzene rings is 2. The minimum absolute atomic E-state index is 0.114. The summed E-state index contributed by atoms with van der Waals surface area (Å²) in [5, 5.41) is 4.01. The Labute approximate surface area is 178 Å². The molecule has 0 radical (unpaired) electrons. The Kier molecular flexibility index (Phi) is 6.03. The molecule has 1 heterocycles. The summed E-state index contributed by atoms with van der Waals surface area (Å²) in [5.74, 6) is -0.795. The van der Waals surface area contributed by atoms with Gasteiger partial charge in [0.25, 0.3) is 0 Å². The van der Waals surface area contributed by atoms with E-state index < -0.39 is 41.1 Å². The Morgan fingerprint density at radius 3 is 1.56 bits per heavy atom. The second-order valence-electron chi connectivity index (χ2n) is 7.03. The summed E-state index contributed by atoms with van der Waals surface area (Å²) in [5.41, 5.74) is -3.43. The van der Waals surface area contributed by atoms with Gasteiger partial charge < -0.3 is 4.74 Å². The number of carbonyl (C=O) groups excluding carboxylic acids is 1. The van der Waals surface area contributed by atoms with E-state index in [9.17, 15) is 31.1 Å². The lowest BCUT2D eigenvalue weighted by Crippen LogP contribution is -2.41. The summed E-state index contributed by atoms with van der Waals surface area (Å²) < 4.78 is 85.4. The number of ether oxygens (including phenoxy) is 1. The summed E-state index contributed by atoms with van der Waals surface area (Å²) in [6.07, 6.45) is -6.70. The third-order valence-corrected chi connectivity index (χ3v) is 5.01. The molecule has 1 atom stereocenters. The van der Waals surface area contributed by atoms with Crippen LogP contribution in [0.25, 0.3) is 0 Å². The standard InChI is InChI=1S/C21H17F6N3O2/c1-13(30-12-28-11-29-30)19(32-14(2)31,15-3-7-17(8-4-15)20(22,23)24)16-5-9-18(10-6-16)21(25,26)27/h3-13H,1-2H3. The SMILES string of the molecule is CC(=O)OC(c1ccc(C(F)(F)F)cc1)(c1ccc(C(F)(F)F)cc1)C(C)n1cncn1. The molecule has 2 aromatic carbocycles. The van der Waals surface area contributed by atoms with E-state index in [1.807, 2.05) is 0 Å². The highest BCUT2D eigenvalue weighted by Gasteiger charge is 2.46. The molecular formula is C21H17F6N3O2. The first-order chi connectivity index (χ1) is 14.9. The van der Waals surface area contributed by atoms with Gasteiger partial charge in [0.05, 0.1) is 17.2 Å². The molecular weight excluding hydrogens is 440 g/mol. The first kappa shape index (κ1) is 23.3. The van der Waals surface area contributed by atoms with Crippen molar-refractivity contribution in [3.05, 3.63) is 83.4 Å². The fourth-order valence-electron chi connectivity index (χ4n) is 3.50. The minimum atomic E-state index is -4.60. The minimum Gasteiger partial charge on any atom is -0.447 e. The van der Waals surface area contributed by atoms with Gasteiger partial charge in [-0.25, -0.2) is 9.67 Å². The molecule has 11 heteroatoms. The van der Waals surface area contributed by atoms with E-state index in [1.165, 1.54) is 17.3 Å². The number of carbonyl (C=O) groups is 1. The predicted molar refractivity (Wildman–Crippen MR) is 100 cm³/mol. The molecule has 0 saturated heterocycles. The lowest BCUT2D eigenvalue weighted by atomic mass is 9.79. The Hall–Kier alpha value is -3.37. The molecule has 3 aromatic rings. The van der Waals surface area contributed by atoms with Crippen molar-refractivity contribution < 1.29 is 35.9 Å². The summed E-state index contributed by atoms with van der Waals surface area (Å²) in [6, 6.07) is 6.85. The molecule has 0 aliphatic carbocycles. The van der Waals surface area contributed by atoms with Crippen molar-refractivity contribution in [1.82, 2.24) is 14.8 Å². The third-order valence-electron chi connectivity index (χ3n) is 5.01. The van der Waals surface area contributed by atoms with Gasteiger partial charge in [0.15, 0.2) is 5.60 Å². The summed E-state index contributed by atoms with van der Waals surface area (Å²) >= 11 is 0. The van der Waals surface area contributed by atoms with Crippen molar-refractivity contribution in [2.45, 2.75) is 37.8 Å². The van der Waals surface area contributed by atoms with E-state index in [0.29, 0.717) is 0 Å². The average molecular weight is 457 g/mol. The van der Waals surface area contributed by atoms with Crippen LogP contribution in [-0.2, 0) is 27.5 Å². The van der Waals surface area contributed by atoms with Crippen LogP contribution in [0.2, 0.25) is 0 Å². The summed E-state index contributed by atoms with van der Waals surface area (Å²) in [6.45, 7) is 2.66. The Bertz CT molecular complexity index is 1000. The van der Waals surface area contributed by atoms with Crippen molar-refractivity contribution in [2.75, 3.05) is 0 Å². The number of esters is 1. The number of hydrogen-bond donors (Lipinski definition) is 0. The largest absolute Gasteiger partial charge is 0.447 e. The Morgan fingerprint density at radius 2 is 1.25 bits per heavy atom. The zero-order chi connectivity index (χ0) is 23.7. The molecule has 1 unspecified atom stereocenters. The van der Waals surface area contributed by atoms with Gasteiger partial charge in [0.1, 0.15) is 12.7 Å². The molecule has 1 aromatic heterocycles. The summed E-state index contributed by atoms with van der Waals surface area (Å²) in [7, 11) is 0. The van der Waals surface area contributed by atoms with Gasteiger partial charge in [0, 0.05) is 18.1 Å². The van der Waals surface area contributed by atoms with Gasteiger partial charge in [-0.15, -0.1) is 0 Å². The first-order valence-electron chi connectivity index (χ1n) is 9.25. The van der Waals surface area contributed by atoms with Gasteiger partial charge in [-0.1, -0.05) is 24.3 Å². The molecule has 0 fully saturated rings. The predicted octanol–water partition coefficient (Wildman–Crippen LogP) is 5.38.